The Kier molecular flexibility index (Phi) is 7.53. The minimum absolute atomic E-state index is 0.00810. The fourth-order valence-corrected chi connectivity index (χ4v) is 2.79. The van der Waals surface area contributed by atoms with Crippen molar-refractivity contribution in [1.29, 1.82) is 0 Å². The number of unbranched alkanes of at least 4 members (excludes halogenated alkanes) is 1. The highest BCUT2D eigenvalue weighted by Gasteiger charge is 2.30. The first kappa shape index (κ1) is 17.4. The average Bonchev–Trinajstić information content (AvgIpc) is 2.21. The van der Waals surface area contributed by atoms with Crippen LogP contribution in [0.3, 0.4) is 0 Å². The van der Waals surface area contributed by atoms with E-state index in [1.165, 1.54) is 19.3 Å². The molecule has 0 unspecified atom stereocenters. The maximum atomic E-state index is 11.7. The van der Waals surface area contributed by atoms with E-state index in [0.29, 0.717) is 13.0 Å². The Balaban J connectivity index is 4.23. The van der Waals surface area contributed by atoms with Crippen LogP contribution in [0.25, 0.3) is 0 Å². The quantitative estimate of drug-likeness (QED) is 0.667. The molecule has 0 atom stereocenters. The van der Waals surface area contributed by atoms with E-state index in [1.54, 1.807) is 0 Å². The Bertz CT molecular complexity index is 247. The summed E-state index contributed by atoms with van der Waals surface area (Å²) in [5.41, 5.74) is 0.299. The Labute approximate surface area is 112 Å². The van der Waals surface area contributed by atoms with Gasteiger partial charge in [-0.25, -0.2) is 0 Å². The average molecular weight is 257 g/mol. The number of nitrogens with one attached hydrogen (secondary N) is 1. The predicted molar refractivity (Wildman–Crippen MR) is 76.4 cm³/mol. The molecular weight excluding hydrogens is 226 g/mol. The molecule has 0 bridgehead atoms. The van der Waals surface area contributed by atoms with Crippen LogP contribution in [0.15, 0.2) is 0 Å². The highest BCUT2D eigenvalue weighted by Crippen LogP contribution is 2.39. The van der Waals surface area contributed by atoms with Crippen molar-refractivity contribution in [1.82, 2.24) is 5.32 Å². The minimum Gasteiger partial charge on any atom is -0.395 e. The Morgan fingerprint density at radius 1 is 1.17 bits per heavy atom. The van der Waals surface area contributed by atoms with E-state index >= 15 is 0 Å². The Hall–Kier alpha value is -0.570. The maximum Gasteiger partial charge on any atom is 0.220 e. The van der Waals surface area contributed by atoms with Gasteiger partial charge in [-0.05, 0) is 23.7 Å². The van der Waals surface area contributed by atoms with E-state index in [2.05, 4.69) is 39.9 Å². The smallest absolute Gasteiger partial charge is 0.220 e. The van der Waals surface area contributed by atoms with Crippen molar-refractivity contribution in [3.8, 4) is 0 Å². The fraction of sp³-hybridized carbons (Fsp3) is 0.933. The van der Waals surface area contributed by atoms with Crippen LogP contribution >= 0.6 is 0 Å². The van der Waals surface area contributed by atoms with Crippen molar-refractivity contribution < 1.29 is 9.90 Å². The van der Waals surface area contributed by atoms with Crippen molar-refractivity contribution in [3.05, 3.63) is 0 Å². The molecule has 0 heterocycles. The Morgan fingerprint density at radius 3 is 2.28 bits per heavy atom. The third-order valence-electron chi connectivity index (χ3n) is 3.24. The summed E-state index contributed by atoms with van der Waals surface area (Å²) in [4.78, 5) is 11.7. The molecule has 18 heavy (non-hydrogen) atoms. The standard InChI is InChI=1S/C15H31NO2/c1-6-7-8-14(2,3)12-15(4,5)11-13(18)16-9-10-17/h17H,6-12H2,1-5H3,(H,16,18). The van der Waals surface area contributed by atoms with E-state index in [4.69, 9.17) is 5.11 Å². The summed E-state index contributed by atoms with van der Waals surface area (Å²) in [6.45, 7) is 11.5. The van der Waals surface area contributed by atoms with Gasteiger partial charge in [0.05, 0.1) is 6.61 Å². The van der Waals surface area contributed by atoms with Crippen molar-refractivity contribution in [2.45, 2.75) is 66.7 Å². The minimum atomic E-state index is 0.00810. The molecule has 0 radical (unpaired) electrons. The zero-order valence-corrected chi connectivity index (χ0v) is 12.8. The van der Waals surface area contributed by atoms with Crippen LogP contribution < -0.4 is 5.32 Å². The normalized spacial score (nSPS) is 12.6. The van der Waals surface area contributed by atoms with Crippen molar-refractivity contribution in [2.24, 2.45) is 10.8 Å². The van der Waals surface area contributed by atoms with E-state index in [0.717, 1.165) is 6.42 Å². The van der Waals surface area contributed by atoms with Gasteiger partial charge in [0.1, 0.15) is 0 Å². The summed E-state index contributed by atoms with van der Waals surface area (Å²) in [5.74, 6) is 0.0420. The number of rotatable bonds is 9. The lowest BCUT2D eigenvalue weighted by molar-refractivity contribution is -0.123. The van der Waals surface area contributed by atoms with Gasteiger partial charge in [-0.15, -0.1) is 0 Å². The van der Waals surface area contributed by atoms with Gasteiger partial charge in [0, 0.05) is 13.0 Å². The number of aliphatic hydroxyl groups is 1. The molecule has 3 nitrogen and oxygen atoms in total. The summed E-state index contributed by atoms with van der Waals surface area (Å²) in [5, 5.41) is 11.4. The monoisotopic (exact) mass is 257 g/mol. The van der Waals surface area contributed by atoms with E-state index in [-0.39, 0.29) is 23.3 Å². The molecule has 0 aliphatic rings. The first-order valence-corrected chi connectivity index (χ1v) is 7.10. The number of hydrogen-bond donors (Lipinski definition) is 2. The summed E-state index contributed by atoms with van der Waals surface area (Å²) in [6, 6.07) is 0. The van der Waals surface area contributed by atoms with Crippen LogP contribution in [-0.2, 0) is 4.79 Å². The molecule has 0 rings (SSSR count). The molecule has 3 heteroatoms. The number of carbonyl (C=O) groups excluding carboxylic acids is 1. The zero-order valence-electron chi connectivity index (χ0n) is 12.8. The molecule has 0 aromatic rings. The molecule has 0 aromatic carbocycles. The first-order chi connectivity index (χ1) is 8.22. The largest absolute Gasteiger partial charge is 0.395 e. The molecule has 1 amide bonds. The van der Waals surface area contributed by atoms with E-state index in [1.807, 2.05) is 0 Å². The molecule has 0 fully saturated rings. The van der Waals surface area contributed by atoms with Gasteiger partial charge in [-0.3, -0.25) is 4.79 Å². The fourth-order valence-electron chi connectivity index (χ4n) is 2.79. The second kappa shape index (κ2) is 7.78. The number of hydrogen-bond acceptors (Lipinski definition) is 2. The van der Waals surface area contributed by atoms with Crippen LogP contribution in [0.5, 0.6) is 0 Å². The van der Waals surface area contributed by atoms with Crippen LogP contribution in [0.2, 0.25) is 0 Å². The lowest BCUT2D eigenvalue weighted by Gasteiger charge is -2.34. The lowest BCUT2D eigenvalue weighted by Crippen LogP contribution is -2.33. The summed E-state index contributed by atoms with van der Waals surface area (Å²) >= 11 is 0. The maximum absolute atomic E-state index is 11.7. The summed E-state index contributed by atoms with van der Waals surface area (Å²) < 4.78 is 0. The van der Waals surface area contributed by atoms with E-state index in [9.17, 15) is 4.79 Å². The number of amides is 1. The molecular formula is C15H31NO2. The highest BCUT2D eigenvalue weighted by molar-refractivity contribution is 5.76. The lowest BCUT2D eigenvalue weighted by atomic mass is 9.71. The zero-order chi connectivity index (χ0) is 14.2. The molecule has 0 aromatic heterocycles. The molecule has 108 valence electrons. The van der Waals surface area contributed by atoms with Crippen LogP contribution in [0.4, 0.5) is 0 Å². The van der Waals surface area contributed by atoms with Gasteiger partial charge in [-0.1, -0.05) is 47.5 Å². The molecule has 0 spiro atoms. The highest BCUT2D eigenvalue weighted by atomic mass is 16.3. The predicted octanol–water partition coefficient (Wildman–Crippen LogP) is 3.12. The van der Waals surface area contributed by atoms with Gasteiger partial charge in [0.25, 0.3) is 0 Å². The molecule has 2 N–H and O–H groups in total. The van der Waals surface area contributed by atoms with E-state index < -0.39 is 0 Å². The topological polar surface area (TPSA) is 49.3 Å². The number of carbonyl (C=O) groups is 1. The van der Waals surface area contributed by atoms with Crippen molar-refractivity contribution in [3.63, 3.8) is 0 Å². The Morgan fingerprint density at radius 2 is 1.78 bits per heavy atom. The molecule has 0 saturated heterocycles. The second-order valence-corrected chi connectivity index (χ2v) is 6.86. The summed E-state index contributed by atoms with van der Waals surface area (Å²) in [7, 11) is 0. The van der Waals surface area contributed by atoms with Crippen molar-refractivity contribution in [2.75, 3.05) is 13.2 Å². The molecule has 0 aliphatic heterocycles. The molecule has 0 saturated carbocycles. The first-order valence-electron chi connectivity index (χ1n) is 7.10. The summed E-state index contributed by atoms with van der Waals surface area (Å²) in [6.07, 6.45) is 5.26. The van der Waals surface area contributed by atoms with Gasteiger partial charge < -0.3 is 10.4 Å². The van der Waals surface area contributed by atoms with Crippen LogP contribution in [0, 0.1) is 10.8 Å². The third kappa shape index (κ3) is 8.51. The van der Waals surface area contributed by atoms with Crippen LogP contribution in [0.1, 0.15) is 66.7 Å². The van der Waals surface area contributed by atoms with Gasteiger partial charge in [0.15, 0.2) is 0 Å². The number of aliphatic hydroxyl groups excluding tert-OH is 1. The third-order valence-corrected chi connectivity index (χ3v) is 3.24. The van der Waals surface area contributed by atoms with Crippen molar-refractivity contribution >= 4 is 5.91 Å². The van der Waals surface area contributed by atoms with Gasteiger partial charge in [-0.2, -0.15) is 0 Å². The molecule has 0 aliphatic carbocycles. The van der Waals surface area contributed by atoms with Gasteiger partial charge >= 0.3 is 0 Å². The second-order valence-electron chi connectivity index (χ2n) is 6.86. The van der Waals surface area contributed by atoms with Gasteiger partial charge in [0.2, 0.25) is 5.91 Å². The van der Waals surface area contributed by atoms with Crippen LogP contribution in [-0.4, -0.2) is 24.2 Å². The SMILES string of the molecule is CCCCC(C)(C)CC(C)(C)CC(=O)NCCO.